The van der Waals surface area contributed by atoms with E-state index in [1.165, 1.54) is 0 Å². The highest BCUT2D eigenvalue weighted by Crippen LogP contribution is 2.28. The van der Waals surface area contributed by atoms with Crippen molar-refractivity contribution >= 4 is 5.91 Å². The van der Waals surface area contributed by atoms with Gasteiger partial charge in [-0.05, 0) is 51.3 Å². The number of benzene rings is 1. The minimum atomic E-state index is -0.229. The predicted molar refractivity (Wildman–Crippen MR) is 93.7 cm³/mol. The minimum Gasteiger partial charge on any atom is -0.493 e. The van der Waals surface area contributed by atoms with Crippen LogP contribution in [0.15, 0.2) is 18.2 Å². The Hall–Kier alpha value is -1.75. The van der Waals surface area contributed by atoms with Crippen molar-refractivity contribution in [3.8, 4) is 11.5 Å². The Bertz CT molecular complexity index is 570. The number of amides is 1. The third kappa shape index (κ3) is 4.41. The maximum atomic E-state index is 12.6. The van der Waals surface area contributed by atoms with Gasteiger partial charge in [-0.15, -0.1) is 0 Å². The van der Waals surface area contributed by atoms with Crippen LogP contribution < -0.4 is 9.47 Å². The van der Waals surface area contributed by atoms with Gasteiger partial charge in [0.2, 0.25) is 5.91 Å². The summed E-state index contributed by atoms with van der Waals surface area (Å²) in [7, 11) is 3.26. The van der Waals surface area contributed by atoms with E-state index in [4.69, 9.17) is 14.2 Å². The molecule has 1 heterocycles. The Kier molecular flexibility index (Phi) is 6.10. The van der Waals surface area contributed by atoms with Crippen molar-refractivity contribution in [3.05, 3.63) is 23.8 Å². The van der Waals surface area contributed by atoms with Gasteiger partial charge in [0.05, 0.1) is 32.5 Å². The molecule has 0 saturated carbocycles. The van der Waals surface area contributed by atoms with E-state index in [9.17, 15) is 4.79 Å². The Morgan fingerprint density at radius 3 is 2.67 bits per heavy atom. The molecular formula is C19H29NO4. The van der Waals surface area contributed by atoms with Crippen LogP contribution in [0.1, 0.15) is 39.2 Å². The van der Waals surface area contributed by atoms with Crippen molar-refractivity contribution in [3.63, 3.8) is 0 Å². The lowest BCUT2D eigenvalue weighted by atomic mass is 9.99. The van der Waals surface area contributed by atoms with E-state index >= 15 is 0 Å². The van der Waals surface area contributed by atoms with Crippen molar-refractivity contribution in [1.29, 1.82) is 0 Å². The molecule has 0 N–H and O–H groups in total. The molecule has 5 heteroatoms. The van der Waals surface area contributed by atoms with Crippen molar-refractivity contribution in [2.45, 2.75) is 51.7 Å². The number of morpholine rings is 1. The fourth-order valence-corrected chi connectivity index (χ4v) is 3.04. The lowest BCUT2D eigenvalue weighted by Gasteiger charge is -2.44. The van der Waals surface area contributed by atoms with Crippen LogP contribution in [0.2, 0.25) is 0 Å². The highest BCUT2D eigenvalue weighted by molar-refractivity contribution is 5.77. The number of rotatable bonds is 6. The van der Waals surface area contributed by atoms with Gasteiger partial charge in [0.15, 0.2) is 11.5 Å². The van der Waals surface area contributed by atoms with E-state index in [1.807, 2.05) is 30.0 Å². The molecule has 24 heavy (non-hydrogen) atoms. The SMILES string of the molecule is COc1ccc(CCCC(=O)N2CC(C)OCC2(C)C)cc1OC. The number of carbonyl (C=O) groups excluding carboxylic acids is 1. The average molecular weight is 335 g/mol. The van der Waals surface area contributed by atoms with Gasteiger partial charge in [-0.3, -0.25) is 4.79 Å². The molecular weight excluding hydrogens is 306 g/mol. The van der Waals surface area contributed by atoms with Gasteiger partial charge >= 0.3 is 0 Å². The van der Waals surface area contributed by atoms with Crippen molar-refractivity contribution in [1.82, 2.24) is 4.90 Å². The molecule has 1 aromatic carbocycles. The first-order chi connectivity index (χ1) is 11.4. The molecule has 0 aliphatic carbocycles. The molecule has 1 aliphatic rings. The molecule has 1 aromatic rings. The molecule has 1 fully saturated rings. The van der Waals surface area contributed by atoms with Crippen LogP contribution in [0.3, 0.4) is 0 Å². The smallest absolute Gasteiger partial charge is 0.223 e. The van der Waals surface area contributed by atoms with Gasteiger partial charge in [-0.2, -0.15) is 0 Å². The minimum absolute atomic E-state index is 0.104. The maximum Gasteiger partial charge on any atom is 0.223 e. The predicted octanol–water partition coefficient (Wildman–Crippen LogP) is 3.05. The lowest BCUT2D eigenvalue weighted by molar-refractivity contribution is -0.152. The highest BCUT2D eigenvalue weighted by atomic mass is 16.5. The number of nitrogens with zero attached hydrogens (tertiary/aromatic N) is 1. The summed E-state index contributed by atoms with van der Waals surface area (Å²) in [5.41, 5.74) is 0.919. The summed E-state index contributed by atoms with van der Waals surface area (Å²) in [4.78, 5) is 14.6. The summed E-state index contributed by atoms with van der Waals surface area (Å²) in [6.07, 6.45) is 2.31. The zero-order valence-electron chi connectivity index (χ0n) is 15.4. The van der Waals surface area contributed by atoms with Crippen LogP contribution in [-0.2, 0) is 16.0 Å². The molecule has 134 valence electrons. The molecule has 1 saturated heterocycles. The summed E-state index contributed by atoms with van der Waals surface area (Å²) >= 11 is 0. The van der Waals surface area contributed by atoms with E-state index in [1.54, 1.807) is 14.2 Å². The standard InChI is InChI=1S/C19H29NO4/c1-14-12-20(19(2,3)13-24-14)18(21)8-6-7-15-9-10-16(22-4)17(11-15)23-5/h9-11,14H,6-8,12-13H2,1-5H3. The van der Waals surface area contributed by atoms with Gasteiger partial charge in [0, 0.05) is 13.0 Å². The molecule has 0 aromatic heterocycles. The second-order valence-corrected chi connectivity index (χ2v) is 6.98. The first-order valence-corrected chi connectivity index (χ1v) is 8.50. The van der Waals surface area contributed by atoms with Crippen LogP contribution in [0.4, 0.5) is 0 Å². The molecule has 0 radical (unpaired) electrons. The molecule has 1 amide bonds. The van der Waals surface area contributed by atoms with E-state index in [2.05, 4.69) is 13.8 Å². The zero-order valence-corrected chi connectivity index (χ0v) is 15.4. The van der Waals surface area contributed by atoms with Gasteiger partial charge in [-0.25, -0.2) is 0 Å². The molecule has 2 rings (SSSR count). The number of carbonyl (C=O) groups is 1. The maximum absolute atomic E-state index is 12.6. The number of aryl methyl sites for hydroxylation is 1. The van der Waals surface area contributed by atoms with Crippen LogP contribution in [0.5, 0.6) is 11.5 Å². The summed E-state index contributed by atoms with van der Waals surface area (Å²) in [6, 6.07) is 5.90. The molecule has 1 unspecified atom stereocenters. The van der Waals surface area contributed by atoms with E-state index in [-0.39, 0.29) is 17.6 Å². The second-order valence-electron chi connectivity index (χ2n) is 6.98. The van der Waals surface area contributed by atoms with Crippen LogP contribution in [-0.4, -0.2) is 49.8 Å². The molecule has 5 nitrogen and oxygen atoms in total. The number of ether oxygens (including phenoxy) is 3. The van der Waals surface area contributed by atoms with Crippen LogP contribution in [0.25, 0.3) is 0 Å². The van der Waals surface area contributed by atoms with Gasteiger partial charge in [-0.1, -0.05) is 6.07 Å². The summed E-state index contributed by atoms with van der Waals surface area (Å²) in [5, 5.41) is 0. The monoisotopic (exact) mass is 335 g/mol. The number of hydrogen-bond acceptors (Lipinski definition) is 4. The van der Waals surface area contributed by atoms with Crippen LogP contribution >= 0.6 is 0 Å². The largest absolute Gasteiger partial charge is 0.493 e. The van der Waals surface area contributed by atoms with Crippen LogP contribution in [0, 0.1) is 0 Å². The second kappa shape index (κ2) is 7.88. The third-order valence-corrected chi connectivity index (χ3v) is 4.50. The zero-order chi connectivity index (χ0) is 17.7. The fourth-order valence-electron chi connectivity index (χ4n) is 3.04. The van der Waals surface area contributed by atoms with E-state index in [0.29, 0.717) is 19.6 Å². The first kappa shape index (κ1) is 18.6. The Balaban J connectivity index is 1.90. The number of methoxy groups -OCH3 is 2. The summed E-state index contributed by atoms with van der Waals surface area (Å²) < 4.78 is 16.2. The Labute approximate surface area is 144 Å². The Morgan fingerprint density at radius 2 is 2.00 bits per heavy atom. The van der Waals surface area contributed by atoms with Crippen molar-refractivity contribution in [2.75, 3.05) is 27.4 Å². The molecule has 0 bridgehead atoms. The molecule has 0 spiro atoms. The fraction of sp³-hybridized carbons (Fsp3) is 0.632. The van der Waals surface area contributed by atoms with Gasteiger partial charge < -0.3 is 19.1 Å². The summed E-state index contributed by atoms with van der Waals surface area (Å²) in [5.74, 6) is 1.65. The molecule has 1 atom stereocenters. The quantitative estimate of drug-likeness (QED) is 0.802. The van der Waals surface area contributed by atoms with Crippen molar-refractivity contribution < 1.29 is 19.0 Å². The highest BCUT2D eigenvalue weighted by Gasteiger charge is 2.36. The number of hydrogen-bond donors (Lipinski definition) is 0. The summed E-state index contributed by atoms with van der Waals surface area (Å²) in [6.45, 7) is 7.40. The Morgan fingerprint density at radius 1 is 1.29 bits per heavy atom. The van der Waals surface area contributed by atoms with Gasteiger partial charge in [0.1, 0.15) is 0 Å². The average Bonchev–Trinajstić information content (AvgIpc) is 2.56. The normalized spacial score (nSPS) is 19.9. The van der Waals surface area contributed by atoms with E-state index < -0.39 is 0 Å². The topological polar surface area (TPSA) is 48.0 Å². The van der Waals surface area contributed by atoms with Crippen molar-refractivity contribution in [2.24, 2.45) is 0 Å². The lowest BCUT2D eigenvalue weighted by Crippen LogP contribution is -2.57. The first-order valence-electron chi connectivity index (χ1n) is 8.50. The third-order valence-electron chi connectivity index (χ3n) is 4.50. The molecule has 1 aliphatic heterocycles. The van der Waals surface area contributed by atoms with E-state index in [0.717, 1.165) is 29.9 Å². The van der Waals surface area contributed by atoms with Gasteiger partial charge in [0.25, 0.3) is 0 Å².